The molecule has 1 aromatic rings. The number of ether oxygens (including phenoxy) is 2. The summed E-state index contributed by atoms with van der Waals surface area (Å²) in [5, 5.41) is 18.2. The Hall–Kier alpha value is -1.82. The standard InChI is InChI=1S/C9H11NO5/c1-14-4-5-3-6(15-2)8(11)7(10-5)9(12)13/h3,11H,4H2,1-2H3,(H,12,13). The maximum Gasteiger partial charge on any atom is 0.358 e. The molecule has 0 saturated heterocycles. The van der Waals surface area contributed by atoms with Crippen molar-refractivity contribution in [2.75, 3.05) is 14.2 Å². The quantitative estimate of drug-likeness (QED) is 0.762. The van der Waals surface area contributed by atoms with Gasteiger partial charge in [-0.25, -0.2) is 9.78 Å². The molecular weight excluding hydrogens is 202 g/mol. The van der Waals surface area contributed by atoms with Crippen LogP contribution in [0.3, 0.4) is 0 Å². The number of nitrogens with zero attached hydrogens (tertiary/aromatic N) is 1. The van der Waals surface area contributed by atoms with Crippen molar-refractivity contribution >= 4 is 5.97 Å². The number of carboxylic acids is 1. The lowest BCUT2D eigenvalue weighted by molar-refractivity contribution is 0.0685. The number of aromatic hydroxyl groups is 1. The molecule has 0 saturated carbocycles. The highest BCUT2D eigenvalue weighted by atomic mass is 16.5. The van der Waals surface area contributed by atoms with E-state index in [4.69, 9.17) is 14.6 Å². The maximum atomic E-state index is 10.7. The predicted octanol–water partition coefficient (Wildman–Crippen LogP) is 0.640. The highest BCUT2D eigenvalue weighted by molar-refractivity contribution is 5.89. The predicted molar refractivity (Wildman–Crippen MR) is 50.1 cm³/mol. The molecule has 0 spiro atoms. The van der Waals surface area contributed by atoms with Crippen LogP contribution in [0.5, 0.6) is 11.5 Å². The summed E-state index contributed by atoms with van der Waals surface area (Å²) in [5.41, 5.74) is -0.0639. The third-order valence-corrected chi connectivity index (χ3v) is 1.73. The molecule has 6 nitrogen and oxygen atoms in total. The third-order valence-electron chi connectivity index (χ3n) is 1.73. The van der Waals surface area contributed by atoms with Gasteiger partial charge in [-0.05, 0) is 0 Å². The van der Waals surface area contributed by atoms with Gasteiger partial charge >= 0.3 is 5.97 Å². The lowest BCUT2D eigenvalue weighted by Gasteiger charge is -2.08. The highest BCUT2D eigenvalue weighted by Crippen LogP contribution is 2.29. The van der Waals surface area contributed by atoms with E-state index >= 15 is 0 Å². The van der Waals surface area contributed by atoms with Gasteiger partial charge in [0.15, 0.2) is 17.2 Å². The Morgan fingerprint density at radius 2 is 2.20 bits per heavy atom. The van der Waals surface area contributed by atoms with Crippen molar-refractivity contribution in [1.29, 1.82) is 0 Å². The fourth-order valence-corrected chi connectivity index (χ4v) is 1.09. The van der Waals surface area contributed by atoms with Gasteiger partial charge in [-0.1, -0.05) is 0 Å². The molecule has 1 heterocycles. The van der Waals surface area contributed by atoms with Gasteiger partial charge in [-0.15, -0.1) is 0 Å². The van der Waals surface area contributed by atoms with Crippen molar-refractivity contribution in [3.8, 4) is 11.5 Å². The molecule has 0 fully saturated rings. The van der Waals surface area contributed by atoms with E-state index in [-0.39, 0.29) is 12.4 Å². The van der Waals surface area contributed by atoms with Crippen LogP contribution in [0.2, 0.25) is 0 Å². The lowest BCUT2D eigenvalue weighted by Crippen LogP contribution is -2.05. The van der Waals surface area contributed by atoms with Crippen LogP contribution < -0.4 is 4.74 Å². The van der Waals surface area contributed by atoms with E-state index in [9.17, 15) is 9.90 Å². The first kappa shape index (κ1) is 11.3. The number of carboxylic acid groups (broad SMARTS) is 1. The van der Waals surface area contributed by atoms with Crippen LogP contribution in [-0.2, 0) is 11.3 Å². The fourth-order valence-electron chi connectivity index (χ4n) is 1.09. The number of rotatable bonds is 4. The van der Waals surface area contributed by atoms with Crippen molar-refractivity contribution < 1.29 is 24.5 Å². The molecule has 2 N–H and O–H groups in total. The van der Waals surface area contributed by atoms with Crippen LogP contribution in [-0.4, -0.2) is 35.4 Å². The Morgan fingerprint density at radius 3 is 2.67 bits per heavy atom. The zero-order valence-corrected chi connectivity index (χ0v) is 8.35. The number of hydrogen-bond acceptors (Lipinski definition) is 5. The zero-order chi connectivity index (χ0) is 11.4. The minimum absolute atomic E-state index is 0.0643. The van der Waals surface area contributed by atoms with Gasteiger partial charge < -0.3 is 19.7 Å². The summed E-state index contributed by atoms with van der Waals surface area (Å²) >= 11 is 0. The second-order valence-electron chi connectivity index (χ2n) is 2.75. The van der Waals surface area contributed by atoms with E-state index < -0.39 is 17.4 Å². The molecule has 0 bridgehead atoms. The number of pyridine rings is 1. The van der Waals surface area contributed by atoms with Crippen LogP contribution in [0.25, 0.3) is 0 Å². The van der Waals surface area contributed by atoms with Gasteiger partial charge in [0.25, 0.3) is 0 Å². The lowest BCUT2D eigenvalue weighted by atomic mass is 10.2. The monoisotopic (exact) mass is 213 g/mol. The molecule has 1 aromatic heterocycles. The van der Waals surface area contributed by atoms with Crippen LogP contribution in [0, 0.1) is 0 Å². The summed E-state index contributed by atoms with van der Waals surface area (Å²) in [5.74, 6) is -1.73. The molecule has 0 amide bonds. The molecule has 0 atom stereocenters. The normalized spacial score (nSPS) is 10.0. The van der Waals surface area contributed by atoms with Gasteiger partial charge in [-0.2, -0.15) is 0 Å². The topological polar surface area (TPSA) is 88.9 Å². The summed E-state index contributed by atoms with van der Waals surface area (Å²) < 4.78 is 9.62. The van der Waals surface area contributed by atoms with Crippen molar-refractivity contribution in [1.82, 2.24) is 4.98 Å². The van der Waals surface area contributed by atoms with Gasteiger partial charge in [0.05, 0.1) is 19.4 Å². The van der Waals surface area contributed by atoms with Crippen molar-refractivity contribution in [3.05, 3.63) is 17.5 Å². The Balaban J connectivity index is 3.25. The average Bonchev–Trinajstić information content (AvgIpc) is 2.20. The maximum absolute atomic E-state index is 10.7. The first-order valence-corrected chi connectivity index (χ1v) is 4.09. The Labute approximate surface area is 86.1 Å². The summed E-state index contributed by atoms with van der Waals surface area (Å²) in [6.45, 7) is 0.150. The summed E-state index contributed by atoms with van der Waals surface area (Å²) in [7, 11) is 2.79. The number of methoxy groups -OCH3 is 2. The van der Waals surface area contributed by atoms with Gasteiger partial charge in [0.1, 0.15) is 0 Å². The highest BCUT2D eigenvalue weighted by Gasteiger charge is 2.17. The first-order valence-electron chi connectivity index (χ1n) is 4.09. The molecule has 0 radical (unpaired) electrons. The first-order chi connectivity index (χ1) is 7.10. The fraction of sp³-hybridized carbons (Fsp3) is 0.333. The van der Waals surface area contributed by atoms with E-state index in [0.717, 1.165) is 0 Å². The molecule has 0 unspecified atom stereocenters. The van der Waals surface area contributed by atoms with Crippen LogP contribution >= 0.6 is 0 Å². The average molecular weight is 213 g/mol. The van der Waals surface area contributed by atoms with Crippen molar-refractivity contribution in [3.63, 3.8) is 0 Å². The molecule has 0 aliphatic heterocycles. The molecule has 1 rings (SSSR count). The SMILES string of the molecule is COCc1cc(OC)c(O)c(C(=O)O)n1. The smallest absolute Gasteiger partial charge is 0.358 e. The molecule has 0 aromatic carbocycles. The largest absolute Gasteiger partial charge is 0.503 e. The van der Waals surface area contributed by atoms with Gasteiger partial charge in [0.2, 0.25) is 0 Å². The molecule has 15 heavy (non-hydrogen) atoms. The van der Waals surface area contributed by atoms with E-state index in [1.54, 1.807) is 0 Å². The molecule has 0 aliphatic carbocycles. The minimum Gasteiger partial charge on any atom is -0.503 e. The number of aromatic carboxylic acids is 1. The Bertz CT molecular complexity index is 377. The van der Waals surface area contributed by atoms with Crippen LogP contribution in [0.4, 0.5) is 0 Å². The molecule has 0 aliphatic rings. The van der Waals surface area contributed by atoms with E-state index in [0.29, 0.717) is 5.69 Å². The van der Waals surface area contributed by atoms with Gasteiger partial charge in [-0.3, -0.25) is 0 Å². The second-order valence-corrected chi connectivity index (χ2v) is 2.75. The second kappa shape index (κ2) is 4.61. The van der Waals surface area contributed by atoms with Crippen molar-refractivity contribution in [2.24, 2.45) is 0 Å². The Kier molecular flexibility index (Phi) is 3.46. The third kappa shape index (κ3) is 2.35. The number of hydrogen-bond donors (Lipinski definition) is 2. The minimum atomic E-state index is -1.32. The van der Waals surface area contributed by atoms with Gasteiger partial charge in [0, 0.05) is 13.2 Å². The summed E-state index contributed by atoms with van der Waals surface area (Å²) in [6, 6.07) is 1.42. The molecule has 6 heteroatoms. The van der Waals surface area contributed by atoms with E-state index in [1.807, 2.05) is 0 Å². The molecular formula is C9H11NO5. The van der Waals surface area contributed by atoms with E-state index in [2.05, 4.69) is 4.98 Å². The number of aromatic nitrogens is 1. The van der Waals surface area contributed by atoms with Crippen LogP contribution in [0.15, 0.2) is 6.07 Å². The van der Waals surface area contributed by atoms with E-state index in [1.165, 1.54) is 20.3 Å². The summed E-state index contributed by atoms with van der Waals surface area (Å²) in [4.78, 5) is 14.4. The summed E-state index contributed by atoms with van der Waals surface area (Å²) in [6.07, 6.45) is 0. The Morgan fingerprint density at radius 1 is 1.53 bits per heavy atom. The zero-order valence-electron chi connectivity index (χ0n) is 8.35. The van der Waals surface area contributed by atoms with Crippen LogP contribution in [0.1, 0.15) is 16.2 Å². The van der Waals surface area contributed by atoms with Crippen molar-refractivity contribution in [2.45, 2.75) is 6.61 Å². The molecule has 82 valence electrons. The number of carbonyl (C=O) groups is 1.